The third kappa shape index (κ3) is 4.13. The topological polar surface area (TPSA) is 39.4 Å². The van der Waals surface area contributed by atoms with E-state index in [1.54, 1.807) is 54.6 Å². The van der Waals surface area contributed by atoms with Crippen LogP contribution in [0.1, 0.15) is 11.1 Å². The summed E-state index contributed by atoms with van der Waals surface area (Å²) < 4.78 is 12.0. The number of hydrogen-bond donors (Lipinski definition) is 0. The Labute approximate surface area is 182 Å². The summed E-state index contributed by atoms with van der Waals surface area (Å²) in [6.45, 7) is 2.01. The molecule has 0 amide bonds. The van der Waals surface area contributed by atoms with Crippen LogP contribution in [0, 0.1) is 6.92 Å². The molecule has 0 saturated carbocycles. The van der Waals surface area contributed by atoms with Gasteiger partial charge in [-0.1, -0.05) is 52.5 Å². The molecule has 1 heterocycles. The molecular weight excluding hydrogens is 431 g/mol. The van der Waals surface area contributed by atoms with Gasteiger partial charge in [0.05, 0.1) is 5.39 Å². The molecule has 4 rings (SSSR count). The highest BCUT2D eigenvalue weighted by Crippen LogP contribution is 2.33. The highest BCUT2D eigenvalue weighted by Gasteiger charge is 2.18. The van der Waals surface area contributed by atoms with E-state index < -0.39 is 0 Å². The number of hydrogen-bond acceptors (Lipinski definition) is 3. The van der Waals surface area contributed by atoms with Gasteiger partial charge in [-0.3, -0.25) is 4.79 Å². The summed E-state index contributed by atoms with van der Waals surface area (Å²) in [6.07, 6.45) is 0. The lowest BCUT2D eigenvalue weighted by molar-refractivity contribution is 0.298. The predicted octanol–water partition coefficient (Wildman–Crippen LogP) is 7.31. The van der Waals surface area contributed by atoms with Gasteiger partial charge in [0.15, 0.2) is 5.76 Å². The lowest BCUT2D eigenvalue weighted by Crippen LogP contribution is -2.10. The summed E-state index contributed by atoms with van der Waals surface area (Å²) in [5, 5.41) is 2.04. The second kappa shape index (κ2) is 8.11. The van der Waals surface area contributed by atoms with Gasteiger partial charge in [-0.15, -0.1) is 0 Å². The molecule has 0 N–H and O–H groups in total. The number of ether oxygens (including phenoxy) is 1. The molecule has 4 aromatic rings. The summed E-state index contributed by atoms with van der Waals surface area (Å²) >= 11 is 18.2. The zero-order valence-electron chi connectivity index (χ0n) is 15.3. The van der Waals surface area contributed by atoms with Gasteiger partial charge in [0.25, 0.3) is 0 Å². The molecule has 29 heavy (non-hydrogen) atoms. The molecule has 3 aromatic carbocycles. The smallest absolute Gasteiger partial charge is 0.235 e. The van der Waals surface area contributed by atoms with E-state index in [-0.39, 0.29) is 17.8 Å². The average molecular weight is 446 g/mol. The number of halogens is 3. The van der Waals surface area contributed by atoms with E-state index in [0.29, 0.717) is 42.9 Å². The molecule has 0 saturated heterocycles. The van der Waals surface area contributed by atoms with Crippen LogP contribution in [0.3, 0.4) is 0 Å². The van der Waals surface area contributed by atoms with E-state index in [1.165, 1.54) is 0 Å². The van der Waals surface area contributed by atoms with Gasteiger partial charge in [0.2, 0.25) is 11.2 Å². The van der Waals surface area contributed by atoms with Gasteiger partial charge >= 0.3 is 0 Å². The van der Waals surface area contributed by atoms with Crippen molar-refractivity contribution in [2.75, 3.05) is 0 Å². The first-order valence-corrected chi connectivity index (χ1v) is 9.96. The normalized spacial score (nSPS) is 11.0. The van der Waals surface area contributed by atoms with Crippen LogP contribution in [0.2, 0.25) is 15.1 Å². The van der Waals surface area contributed by atoms with Crippen LogP contribution >= 0.6 is 34.8 Å². The zero-order chi connectivity index (χ0) is 20.5. The summed E-state index contributed by atoms with van der Waals surface area (Å²) in [5.74, 6) is 0.463. The van der Waals surface area contributed by atoms with Crippen molar-refractivity contribution in [3.8, 4) is 17.1 Å². The van der Waals surface area contributed by atoms with Gasteiger partial charge < -0.3 is 9.15 Å². The minimum absolute atomic E-state index is 0.0959. The third-order valence-corrected chi connectivity index (χ3v) is 5.34. The second-order valence-corrected chi connectivity index (χ2v) is 7.90. The van der Waals surface area contributed by atoms with Crippen LogP contribution in [0.4, 0.5) is 0 Å². The van der Waals surface area contributed by atoms with Crippen molar-refractivity contribution in [2.45, 2.75) is 13.5 Å². The summed E-state index contributed by atoms with van der Waals surface area (Å²) in [6, 6.07) is 17.6. The van der Waals surface area contributed by atoms with Crippen molar-refractivity contribution < 1.29 is 9.15 Å². The number of benzene rings is 3. The molecule has 3 nitrogen and oxygen atoms in total. The van der Waals surface area contributed by atoms with Crippen LogP contribution in [-0.4, -0.2) is 0 Å². The maximum absolute atomic E-state index is 13.2. The Morgan fingerprint density at radius 2 is 1.62 bits per heavy atom. The Bertz CT molecular complexity index is 1260. The molecule has 0 bridgehead atoms. The largest absolute Gasteiger partial charge is 0.481 e. The Morgan fingerprint density at radius 3 is 2.34 bits per heavy atom. The fraction of sp³-hybridized carbons (Fsp3) is 0.0870. The third-order valence-electron chi connectivity index (χ3n) is 4.50. The van der Waals surface area contributed by atoms with Crippen molar-refractivity contribution in [3.05, 3.63) is 97.1 Å². The lowest BCUT2D eigenvalue weighted by Gasteiger charge is -2.13. The number of rotatable bonds is 4. The molecule has 0 aliphatic rings. The predicted molar refractivity (Wildman–Crippen MR) is 118 cm³/mol. The molecular formula is C23H15Cl3O3. The van der Waals surface area contributed by atoms with Gasteiger partial charge in [-0.25, -0.2) is 0 Å². The summed E-state index contributed by atoms with van der Waals surface area (Å²) in [5.41, 5.74) is 2.59. The number of fused-ring (bicyclic) bond motifs is 1. The monoisotopic (exact) mass is 444 g/mol. The van der Waals surface area contributed by atoms with Crippen molar-refractivity contribution in [1.29, 1.82) is 0 Å². The average Bonchev–Trinajstić information content (AvgIpc) is 2.69. The van der Waals surface area contributed by atoms with Crippen LogP contribution in [0.5, 0.6) is 5.75 Å². The Kier molecular flexibility index (Phi) is 5.55. The van der Waals surface area contributed by atoms with Crippen LogP contribution in [0.15, 0.2) is 69.9 Å². The van der Waals surface area contributed by atoms with Crippen LogP contribution in [0.25, 0.3) is 22.3 Å². The van der Waals surface area contributed by atoms with Crippen LogP contribution in [-0.2, 0) is 6.61 Å². The van der Waals surface area contributed by atoms with E-state index in [1.807, 2.05) is 13.0 Å². The SMILES string of the molecule is Cc1ccc2oc(-c3ccc(Cl)cc3)c(OCc3ccc(Cl)cc3Cl)c(=O)c2c1. The maximum atomic E-state index is 13.2. The molecule has 6 heteroatoms. The van der Waals surface area contributed by atoms with Gasteiger partial charge in [-0.05, 0) is 55.5 Å². The molecule has 0 unspecified atom stereocenters. The van der Waals surface area contributed by atoms with E-state index in [9.17, 15) is 4.79 Å². The van der Waals surface area contributed by atoms with Crippen molar-refractivity contribution in [2.24, 2.45) is 0 Å². The van der Waals surface area contributed by atoms with Crippen LogP contribution < -0.4 is 10.2 Å². The highest BCUT2D eigenvalue weighted by molar-refractivity contribution is 6.35. The fourth-order valence-corrected chi connectivity index (χ4v) is 3.59. The van der Waals surface area contributed by atoms with Crippen molar-refractivity contribution in [1.82, 2.24) is 0 Å². The van der Waals surface area contributed by atoms with Gasteiger partial charge in [0, 0.05) is 26.2 Å². The standard InChI is InChI=1S/C23H15Cl3O3/c1-13-2-9-20-18(10-13)21(27)23(22(29-20)14-3-6-16(24)7-4-14)28-12-15-5-8-17(25)11-19(15)26/h2-11H,12H2,1H3. The van der Waals surface area contributed by atoms with E-state index in [4.69, 9.17) is 44.0 Å². The minimum Gasteiger partial charge on any atom is -0.481 e. The Morgan fingerprint density at radius 1 is 0.897 bits per heavy atom. The minimum atomic E-state index is -0.245. The quantitative estimate of drug-likeness (QED) is 0.330. The van der Waals surface area contributed by atoms with Crippen molar-refractivity contribution in [3.63, 3.8) is 0 Å². The maximum Gasteiger partial charge on any atom is 0.235 e. The van der Waals surface area contributed by atoms with Crippen molar-refractivity contribution >= 4 is 45.8 Å². The first kappa shape index (κ1) is 19.8. The Hall–Kier alpha value is -2.46. The fourth-order valence-electron chi connectivity index (χ4n) is 3.00. The first-order valence-electron chi connectivity index (χ1n) is 8.82. The highest BCUT2D eigenvalue weighted by atomic mass is 35.5. The Balaban J connectivity index is 1.85. The second-order valence-electron chi connectivity index (χ2n) is 6.62. The molecule has 0 spiro atoms. The first-order chi connectivity index (χ1) is 13.9. The number of aryl methyl sites for hydroxylation is 1. The summed E-state index contributed by atoms with van der Waals surface area (Å²) in [7, 11) is 0. The molecule has 0 radical (unpaired) electrons. The van der Waals surface area contributed by atoms with E-state index in [0.717, 1.165) is 5.56 Å². The molecule has 1 aromatic heterocycles. The molecule has 0 atom stereocenters. The zero-order valence-corrected chi connectivity index (χ0v) is 17.6. The van der Waals surface area contributed by atoms with E-state index in [2.05, 4.69) is 0 Å². The molecule has 0 aliphatic carbocycles. The van der Waals surface area contributed by atoms with Gasteiger partial charge in [-0.2, -0.15) is 0 Å². The van der Waals surface area contributed by atoms with E-state index >= 15 is 0 Å². The summed E-state index contributed by atoms with van der Waals surface area (Å²) in [4.78, 5) is 13.2. The molecule has 146 valence electrons. The molecule has 0 fully saturated rings. The lowest BCUT2D eigenvalue weighted by atomic mass is 10.1. The molecule has 0 aliphatic heterocycles. The van der Waals surface area contributed by atoms with Gasteiger partial charge in [0.1, 0.15) is 12.2 Å².